The van der Waals surface area contributed by atoms with Crippen LogP contribution in [0.5, 0.6) is 0 Å². The summed E-state index contributed by atoms with van der Waals surface area (Å²) in [5, 5.41) is 8.74. The van der Waals surface area contributed by atoms with Gasteiger partial charge in [-0.25, -0.2) is 9.87 Å². The summed E-state index contributed by atoms with van der Waals surface area (Å²) in [4.78, 5) is 11.6. The Labute approximate surface area is 146 Å². The smallest absolute Gasteiger partial charge is 0.280 e. The summed E-state index contributed by atoms with van der Waals surface area (Å²) >= 11 is 0. The van der Waals surface area contributed by atoms with Crippen molar-refractivity contribution < 1.29 is 22.8 Å². The number of hydrogen-bond donors (Lipinski definition) is 3. The minimum absolute atomic E-state index is 0.154. The van der Waals surface area contributed by atoms with E-state index in [4.69, 9.17) is 5.21 Å². The topological polar surface area (TPSA) is 98.7 Å². The van der Waals surface area contributed by atoms with Crippen LogP contribution in [0, 0.1) is 5.82 Å². The molecule has 0 fully saturated rings. The number of carbonyl (C=O) groups is 1. The van der Waals surface area contributed by atoms with E-state index >= 15 is 0 Å². The van der Waals surface area contributed by atoms with E-state index in [1.807, 2.05) is 6.92 Å². The van der Waals surface area contributed by atoms with Crippen LogP contribution in [0.4, 0.5) is 4.39 Å². The lowest BCUT2D eigenvalue weighted by Gasteiger charge is -2.28. The maximum absolute atomic E-state index is 13.0. The lowest BCUT2D eigenvalue weighted by atomic mass is 10.0. The number of nitrogens with zero attached hydrogens (tertiary/aromatic N) is 1. The largest absolute Gasteiger partial charge is 0.289 e. The van der Waals surface area contributed by atoms with Crippen molar-refractivity contribution in [2.75, 3.05) is 13.1 Å². The Kier molecular flexibility index (Phi) is 6.65. The van der Waals surface area contributed by atoms with Crippen LogP contribution in [-0.4, -0.2) is 43.0 Å². The van der Waals surface area contributed by atoms with Crippen molar-refractivity contribution in [2.45, 2.75) is 32.2 Å². The second-order valence-corrected chi connectivity index (χ2v) is 7.49. The van der Waals surface area contributed by atoms with E-state index in [-0.39, 0.29) is 25.3 Å². The molecule has 0 bridgehead atoms. The molecule has 7 nitrogen and oxygen atoms in total. The maximum atomic E-state index is 13.0. The highest BCUT2D eigenvalue weighted by molar-refractivity contribution is 7.87. The molecular weight excluding hydrogens is 349 g/mol. The van der Waals surface area contributed by atoms with Crippen molar-refractivity contribution in [3.63, 3.8) is 0 Å². The highest BCUT2D eigenvalue weighted by atomic mass is 32.2. The molecule has 1 aromatic carbocycles. The van der Waals surface area contributed by atoms with Gasteiger partial charge in [-0.05, 0) is 36.1 Å². The fourth-order valence-corrected chi connectivity index (χ4v) is 4.00. The molecule has 1 amide bonds. The lowest BCUT2D eigenvalue weighted by Crippen LogP contribution is -2.51. The first-order chi connectivity index (χ1) is 11.9. The number of hydroxylamine groups is 1. The van der Waals surface area contributed by atoms with Gasteiger partial charge in [-0.1, -0.05) is 31.6 Å². The molecule has 0 saturated carbocycles. The Balaban J connectivity index is 2.06. The van der Waals surface area contributed by atoms with Crippen LogP contribution in [0.2, 0.25) is 0 Å². The number of nitrogens with one attached hydrogen (secondary N) is 2. The van der Waals surface area contributed by atoms with E-state index in [0.717, 1.165) is 11.1 Å². The van der Waals surface area contributed by atoms with Crippen molar-refractivity contribution in [3.8, 4) is 0 Å². The lowest BCUT2D eigenvalue weighted by molar-refractivity contribution is -0.131. The molecule has 0 radical (unpaired) electrons. The predicted octanol–water partition coefficient (Wildman–Crippen LogP) is 1.42. The van der Waals surface area contributed by atoms with Crippen LogP contribution in [0.15, 0.2) is 30.3 Å². The SMILES string of the molecule is CCC[C@@H](NS(=O)(=O)N1CC=C(c2ccc(F)cc2)CC1)C(=O)NO. The zero-order chi connectivity index (χ0) is 18.4. The van der Waals surface area contributed by atoms with Crippen LogP contribution in [-0.2, 0) is 15.0 Å². The molecule has 0 aromatic heterocycles. The molecule has 3 N–H and O–H groups in total. The predicted molar refractivity (Wildman–Crippen MR) is 91.2 cm³/mol. The van der Waals surface area contributed by atoms with Crippen molar-refractivity contribution in [3.05, 3.63) is 41.7 Å². The Morgan fingerprint density at radius 2 is 2.04 bits per heavy atom. The molecule has 1 aromatic rings. The van der Waals surface area contributed by atoms with Crippen molar-refractivity contribution in [1.82, 2.24) is 14.5 Å². The minimum atomic E-state index is -3.87. The summed E-state index contributed by atoms with van der Waals surface area (Å²) in [6, 6.07) is 5.02. The van der Waals surface area contributed by atoms with Gasteiger partial charge >= 0.3 is 0 Å². The monoisotopic (exact) mass is 371 g/mol. The van der Waals surface area contributed by atoms with Gasteiger partial charge in [0.1, 0.15) is 11.9 Å². The third kappa shape index (κ3) is 5.08. The van der Waals surface area contributed by atoms with Crippen LogP contribution in [0.1, 0.15) is 31.7 Å². The third-order valence-electron chi connectivity index (χ3n) is 4.02. The van der Waals surface area contributed by atoms with Crippen LogP contribution in [0.3, 0.4) is 0 Å². The number of amides is 1. The molecular formula is C16H22FN3O4S. The van der Waals surface area contributed by atoms with E-state index in [0.29, 0.717) is 12.8 Å². The van der Waals surface area contributed by atoms with E-state index < -0.39 is 22.2 Å². The Morgan fingerprint density at radius 3 is 2.56 bits per heavy atom. The van der Waals surface area contributed by atoms with Crippen molar-refractivity contribution >= 4 is 21.7 Å². The summed E-state index contributed by atoms with van der Waals surface area (Å²) in [7, 11) is -3.87. The van der Waals surface area contributed by atoms with Crippen LogP contribution < -0.4 is 10.2 Å². The van der Waals surface area contributed by atoms with Gasteiger partial charge in [0.15, 0.2) is 0 Å². The molecule has 2 rings (SSSR count). The van der Waals surface area contributed by atoms with Gasteiger partial charge in [0.2, 0.25) is 0 Å². The standard InChI is InChI=1S/C16H22FN3O4S/c1-2-3-15(16(21)18-22)19-25(23,24)20-10-8-13(9-11-20)12-4-6-14(17)7-5-12/h4-8,15,19,22H,2-3,9-11H2,1H3,(H,18,21)/t15-/m1/s1. The number of halogens is 1. The average Bonchev–Trinajstić information content (AvgIpc) is 2.61. The first kappa shape index (κ1) is 19.5. The summed E-state index contributed by atoms with van der Waals surface area (Å²) < 4.78 is 41.4. The fraction of sp³-hybridized carbons (Fsp3) is 0.438. The molecule has 138 valence electrons. The Morgan fingerprint density at radius 1 is 1.36 bits per heavy atom. The second-order valence-electron chi connectivity index (χ2n) is 5.78. The molecule has 1 aliphatic heterocycles. The molecule has 0 saturated heterocycles. The normalized spacial score (nSPS) is 17.0. The van der Waals surface area contributed by atoms with Gasteiger partial charge in [-0.2, -0.15) is 17.4 Å². The van der Waals surface area contributed by atoms with E-state index in [1.54, 1.807) is 18.2 Å². The maximum Gasteiger partial charge on any atom is 0.280 e. The molecule has 0 spiro atoms. The summed E-state index contributed by atoms with van der Waals surface area (Å²) in [5.41, 5.74) is 3.29. The molecule has 1 heterocycles. The van der Waals surface area contributed by atoms with E-state index in [2.05, 4.69) is 4.72 Å². The molecule has 0 aliphatic carbocycles. The zero-order valence-corrected chi connectivity index (χ0v) is 14.7. The first-order valence-corrected chi connectivity index (χ1v) is 9.47. The van der Waals surface area contributed by atoms with Crippen molar-refractivity contribution in [1.29, 1.82) is 0 Å². The number of benzene rings is 1. The third-order valence-corrected chi connectivity index (χ3v) is 5.62. The molecule has 1 atom stereocenters. The number of rotatable bonds is 7. The quantitative estimate of drug-likeness (QED) is 0.499. The highest BCUT2D eigenvalue weighted by Crippen LogP contribution is 2.23. The van der Waals surface area contributed by atoms with E-state index in [1.165, 1.54) is 21.9 Å². The summed E-state index contributed by atoms with van der Waals surface area (Å²) in [6.45, 7) is 2.21. The van der Waals surface area contributed by atoms with Crippen molar-refractivity contribution in [2.24, 2.45) is 0 Å². The van der Waals surface area contributed by atoms with E-state index in [9.17, 15) is 17.6 Å². The van der Waals surface area contributed by atoms with Gasteiger partial charge in [-0.15, -0.1) is 0 Å². The van der Waals surface area contributed by atoms with Gasteiger partial charge in [-0.3, -0.25) is 10.0 Å². The van der Waals surface area contributed by atoms with Gasteiger partial charge in [0, 0.05) is 13.1 Å². The van der Waals surface area contributed by atoms with Gasteiger partial charge < -0.3 is 0 Å². The highest BCUT2D eigenvalue weighted by Gasteiger charge is 2.29. The Bertz CT molecular complexity index is 734. The Hall–Kier alpha value is -1.81. The second kappa shape index (κ2) is 8.52. The fourth-order valence-electron chi connectivity index (χ4n) is 2.66. The molecule has 1 aliphatic rings. The van der Waals surface area contributed by atoms with Gasteiger partial charge in [0.05, 0.1) is 0 Å². The summed E-state index contributed by atoms with van der Waals surface area (Å²) in [5.74, 6) is -1.11. The van der Waals surface area contributed by atoms with Crippen LogP contribution in [0.25, 0.3) is 5.57 Å². The average molecular weight is 371 g/mol. The zero-order valence-electron chi connectivity index (χ0n) is 13.9. The number of hydrogen-bond acceptors (Lipinski definition) is 4. The minimum Gasteiger partial charge on any atom is -0.289 e. The van der Waals surface area contributed by atoms with Gasteiger partial charge in [0.25, 0.3) is 16.1 Å². The molecule has 0 unspecified atom stereocenters. The first-order valence-electron chi connectivity index (χ1n) is 8.03. The molecule has 9 heteroatoms. The number of carbonyl (C=O) groups excluding carboxylic acids is 1. The molecule has 25 heavy (non-hydrogen) atoms. The van der Waals surface area contributed by atoms with Crippen LogP contribution >= 0.6 is 0 Å². The summed E-state index contributed by atoms with van der Waals surface area (Å²) in [6.07, 6.45) is 3.11.